The summed E-state index contributed by atoms with van der Waals surface area (Å²) in [5, 5.41) is 4.55. The van der Waals surface area contributed by atoms with E-state index in [1.54, 1.807) is 6.07 Å². The molecule has 2 aromatic rings. The van der Waals surface area contributed by atoms with Crippen LogP contribution < -0.4 is 11.3 Å². The fourth-order valence-electron chi connectivity index (χ4n) is 2.13. The van der Waals surface area contributed by atoms with Gasteiger partial charge in [0.2, 0.25) is 0 Å². The molecule has 0 saturated carbocycles. The first-order valence-corrected chi connectivity index (χ1v) is 7.79. The van der Waals surface area contributed by atoms with Gasteiger partial charge < -0.3 is 0 Å². The summed E-state index contributed by atoms with van der Waals surface area (Å²) in [7, 11) is 0. The van der Waals surface area contributed by atoms with Gasteiger partial charge in [0.1, 0.15) is 5.82 Å². The molecule has 0 bridgehead atoms. The van der Waals surface area contributed by atoms with E-state index >= 15 is 0 Å². The lowest BCUT2D eigenvalue weighted by molar-refractivity contribution is 0.466. The molecule has 1 aromatic carbocycles. The third-order valence-corrected chi connectivity index (χ3v) is 4.31. The van der Waals surface area contributed by atoms with Crippen LogP contribution in [-0.4, -0.2) is 9.78 Å². The number of aromatic nitrogens is 2. The molecule has 0 radical (unpaired) electrons. The standard InChI is InChI=1S/C15H20BrFN4/c1-3-10(2)21-7-6-12(20-21)9-15(19-18)11-4-5-13(16)14(17)8-11/h4-8,10,15,19H,3,9,18H2,1-2H3. The van der Waals surface area contributed by atoms with Crippen molar-refractivity contribution in [2.45, 2.75) is 38.8 Å². The summed E-state index contributed by atoms with van der Waals surface area (Å²) < 4.78 is 16.0. The number of nitrogens with one attached hydrogen (secondary N) is 1. The molecular formula is C15H20BrFN4. The third kappa shape index (κ3) is 3.90. The Morgan fingerprint density at radius 2 is 2.19 bits per heavy atom. The van der Waals surface area contributed by atoms with Crippen molar-refractivity contribution in [3.05, 3.63) is 52.0 Å². The average molecular weight is 355 g/mol. The lowest BCUT2D eigenvalue weighted by Gasteiger charge is -2.16. The Morgan fingerprint density at radius 3 is 2.81 bits per heavy atom. The molecule has 0 amide bonds. The maximum atomic E-state index is 13.6. The van der Waals surface area contributed by atoms with Crippen LogP contribution in [0.2, 0.25) is 0 Å². The number of rotatable bonds is 6. The zero-order valence-electron chi connectivity index (χ0n) is 12.2. The summed E-state index contributed by atoms with van der Waals surface area (Å²) in [5.41, 5.74) is 4.47. The van der Waals surface area contributed by atoms with Crippen molar-refractivity contribution in [1.82, 2.24) is 15.2 Å². The van der Waals surface area contributed by atoms with Gasteiger partial charge >= 0.3 is 0 Å². The molecule has 0 fully saturated rings. The molecule has 2 rings (SSSR count). The monoisotopic (exact) mass is 354 g/mol. The molecule has 114 valence electrons. The second-order valence-corrected chi connectivity index (χ2v) is 6.00. The first-order valence-electron chi connectivity index (χ1n) is 7.00. The number of nitrogens with two attached hydrogens (primary N) is 1. The molecule has 21 heavy (non-hydrogen) atoms. The fourth-order valence-corrected chi connectivity index (χ4v) is 2.38. The van der Waals surface area contributed by atoms with E-state index in [9.17, 15) is 4.39 Å². The number of benzene rings is 1. The Hall–Kier alpha value is -1.24. The van der Waals surface area contributed by atoms with Gasteiger partial charge in [-0.1, -0.05) is 13.0 Å². The minimum absolute atomic E-state index is 0.173. The van der Waals surface area contributed by atoms with E-state index in [2.05, 4.69) is 40.3 Å². The van der Waals surface area contributed by atoms with Crippen molar-refractivity contribution in [1.29, 1.82) is 0 Å². The molecule has 4 nitrogen and oxygen atoms in total. The lowest BCUT2D eigenvalue weighted by Crippen LogP contribution is -2.29. The smallest absolute Gasteiger partial charge is 0.137 e. The van der Waals surface area contributed by atoms with Gasteiger partial charge in [-0.25, -0.2) is 4.39 Å². The molecule has 3 N–H and O–H groups in total. The lowest BCUT2D eigenvalue weighted by atomic mass is 10.0. The highest BCUT2D eigenvalue weighted by atomic mass is 79.9. The van der Waals surface area contributed by atoms with Crippen molar-refractivity contribution in [2.75, 3.05) is 0 Å². The second-order valence-electron chi connectivity index (χ2n) is 5.14. The predicted octanol–water partition coefficient (Wildman–Crippen LogP) is 3.50. The first kappa shape index (κ1) is 16.1. The van der Waals surface area contributed by atoms with Crippen molar-refractivity contribution in [3.8, 4) is 0 Å². The van der Waals surface area contributed by atoms with Crippen molar-refractivity contribution >= 4 is 15.9 Å². The number of halogens is 2. The first-order chi connectivity index (χ1) is 10.0. The van der Waals surface area contributed by atoms with Crippen LogP contribution in [0.4, 0.5) is 4.39 Å². The summed E-state index contributed by atoms with van der Waals surface area (Å²) in [4.78, 5) is 0. The summed E-state index contributed by atoms with van der Waals surface area (Å²) in [6, 6.07) is 7.20. The van der Waals surface area contributed by atoms with E-state index in [4.69, 9.17) is 5.84 Å². The minimum atomic E-state index is -0.294. The van der Waals surface area contributed by atoms with E-state index in [0.29, 0.717) is 16.9 Å². The largest absolute Gasteiger partial charge is 0.271 e. The zero-order chi connectivity index (χ0) is 15.4. The Labute approximate surface area is 132 Å². The molecule has 1 aromatic heterocycles. The molecule has 2 atom stereocenters. The highest BCUT2D eigenvalue weighted by Gasteiger charge is 2.15. The average Bonchev–Trinajstić information content (AvgIpc) is 2.95. The van der Waals surface area contributed by atoms with E-state index in [0.717, 1.165) is 17.7 Å². The highest BCUT2D eigenvalue weighted by Crippen LogP contribution is 2.23. The van der Waals surface area contributed by atoms with Gasteiger partial charge in [0, 0.05) is 18.7 Å². The minimum Gasteiger partial charge on any atom is -0.271 e. The van der Waals surface area contributed by atoms with Gasteiger partial charge in [0.05, 0.1) is 16.2 Å². The Bertz CT molecular complexity index is 599. The van der Waals surface area contributed by atoms with Crippen molar-refractivity contribution in [3.63, 3.8) is 0 Å². The zero-order valence-corrected chi connectivity index (χ0v) is 13.8. The van der Waals surface area contributed by atoms with E-state index in [-0.39, 0.29) is 11.9 Å². The van der Waals surface area contributed by atoms with Crippen molar-refractivity contribution < 1.29 is 4.39 Å². The van der Waals surface area contributed by atoms with Crippen LogP contribution in [0.25, 0.3) is 0 Å². The van der Waals surface area contributed by atoms with Crippen LogP contribution in [0.15, 0.2) is 34.9 Å². The van der Waals surface area contributed by atoms with E-state index < -0.39 is 0 Å². The van der Waals surface area contributed by atoms with Crippen LogP contribution in [0.3, 0.4) is 0 Å². The SMILES string of the molecule is CCC(C)n1ccc(CC(NN)c2ccc(Br)c(F)c2)n1. The van der Waals surface area contributed by atoms with Crippen LogP contribution in [0, 0.1) is 5.82 Å². The van der Waals surface area contributed by atoms with Gasteiger partial charge in [-0.2, -0.15) is 5.10 Å². The van der Waals surface area contributed by atoms with Gasteiger partial charge in [-0.3, -0.25) is 16.0 Å². The molecule has 6 heteroatoms. The van der Waals surface area contributed by atoms with Gasteiger partial charge in [0.15, 0.2) is 0 Å². The number of nitrogens with zero attached hydrogens (tertiary/aromatic N) is 2. The number of hydrogen-bond donors (Lipinski definition) is 2. The van der Waals surface area contributed by atoms with Gasteiger partial charge in [-0.05, 0) is 53.0 Å². The van der Waals surface area contributed by atoms with Crippen LogP contribution in [0.5, 0.6) is 0 Å². The summed E-state index contributed by atoms with van der Waals surface area (Å²) in [6.07, 6.45) is 3.61. The number of hydrazine groups is 1. The number of hydrogen-bond acceptors (Lipinski definition) is 3. The molecule has 2 unspecified atom stereocenters. The molecule has 0 spiro atoms. The highest BCUT2D eigenvalue weighted by molar-refractivity contribution is 9.10. The van der Waals surface area contributed by atoms with Crippen LogP contribution in [0.1, 0.15) is 43.6 Å². The van der Waals surface area contributed by atoms with Crippen LogP contribution >= 0.6 is 15.9 Å². The predicted molar refractivity (Wildman–Crippen MR) is 85.1 cm³/mol. The maximum absolute atomic E-state index is 13.6. The quantitative estimate of drug-likeness (QED) is 0.616. The van der Waals surface area contributed by atoms with Gasteiger partial charge in [-0.15, -0.1) is 0 Å². The normalized spacial score (nSPS) is 14.1. The molecular weight excluding hydrogens is 335 g/mol. The molecule has 0 saturated heterocycles. The van der Waals surface area contributed by atoms with E-state index in [1.807, 2.05) is 23.0 Å². The molecule has 0 aliphatic rings. The van der Waals surface area contributed by atoms with Crippen molar-refractivity contribution in [2.24, 2.45) is 5.84 Å². The Balaban J connectivity index is 2.15. The fraction of sp³-hybridized carbons (Fsp3) is 0.400. The van der Waals surface area contributed by atoms with Crippen LogP contribution in [-0.2, 0) is 6.42 Å². The topological polar surface area (TPSA) is 55.9 Å². The summed E-state index contributed by atoms with van der Waals surface area (Å²) in [5.74, 6) is 5.32. The summed E-state index contributed by atoms with van der Waals surface area (Å²) >= 11 is 3.15. The maximum Gasteiger partial charge on any atom is 0.137 e. The molecule has 0 aliphatic carbocycles. The molecule has 1 heterocycles. The molecule has 0 aliphatic heterocycles. The van der Waals surface area contributed by atoms with E-state index in [1.165, 1.54) is 6.07 Å². The Morgan fingerprint density at radius 1 is 1.43 bits per heavy atom. The Kier molecular flexibility index (Phi) is 5.50. The van der Waals surface area contributed by atoms with Gasteiger partial charge in [0.25, 0.3) is 0 Å². The summed E-state index contributed by atoms with van der Waals surface area (Å²) in [6.45, 7) is 4.25. The second kappa shape index (κ2) is 7.15. The third-order valence-electron chi connectivity index (χ3n) is 3.67.